The monoisotopic (exact) mass is 390 g/mol. The fraction of sp³-hybridized carbons (Fsp3) is 0.381. The number of benzene rings is 2. The van der Waals surface area contributed by atoms with Crippen molar-refractivity contribution in [2.75, 3.05) is 33.9 Å². The van der Waals surface area contributed by atoms with E-state index in [1.54, 1.807) is 12.1 Å². The van der Waals surface area contributed by atoms with Gasteiger partial charge in [0.2, 0.25) is 0 Å². The molecule has 27 heavy (non-hydrogen) atoms. The molecule has 146 valence electrons. The predicted octanol–water partition coefficient (Wildman–Crippen LogP) is 4.17. The Balaban J connectivity index is 2.19. The first-order valence-corrected chi connectivity index (χ1v) is 9.42. The number of rotatable bonds is 9. The number of carbonyl (C=O) groups excluding carboxylic acids is 1. The Labute approximate surface area is 166 Å². The van der Waals surface area contributed by atoms with E-state index < -0.39 is 0 Å². The van der Waals surface area contributed by atoms with Crippen molar-refractivity contribution < 1.29 is 14.3 Å². The molecule has 2 rings (SSSR count). The van der Waals surface area contributed by atoms with Crippen LogP contribution in [-0.2, 0) is 0 Å². The third-order valence-corrected chi connectivity index (χ3v) is 4.87. The highest BCUT2D eigenvalue weighted by Crippen LogP contribution is 2.36. The lowest BCUT2D eigenvalue weighted by Crippen LogP contribution is -2.38. The molecule has 2 aromatic carbocycles. The number of hydrogen-bond donors (Lipinski definition) is 1. The Hall–Kier alpha value is -2.24. The van der Waals surface area contributed by atoms with E-state index in [4.69, 9.17) is 21.1 Å². The number of carbonyl (C=O) groups is 1. The predicted molar refractivity (Wildman–Crippen MR) is 109 cm³/mol. The minimum atomic E-state index is -0.203. The first kappa shape index (κ1) is 21.1. The minimum Gasteiger partial charge on any atom is -0.493 e. The quantitative estimate of drug-likeness (QED) is 0.698. The van der Waals surface area contributed by atoms with E-state index in [1.165, 1.54) is 19.8 Å². The number of methoxy groups -OCH3 is 2. The zero-order valence-electron chi connectivity index (χ0n) is 16.3. The molecule has 1 amide bonds. The number of nitrogens with zero attached hydrogens (tertiary/aromatic N) is 1. The Morgan fingerprint density at radius 3 is 2.33 bits per heavy atom. The molecule has 1 atom stereocenters. The number of nitrogens with one attached hydrogen (secondary N) is 1. The number of hydrogen-bond acceptors (Lipinski definition) is 4. The summed E-state index contributed by atoms with van der Waals surface area (Å²) >= 11 is 6.22. The van der Waals surface area contributed by atoms with Crippen molar-refractivity contribution in [1.82, 2.24) is 10.2 Å². The average Bonchev–Trinajstić information content (AvgIpc) is 2.70. The van der Waals surface area contributed by atoms with Crippen molar-refractivity contribution in [2.24, 2.45) is 0 Å². The Kier molecular flexibility index (Phi) is 7.95. The molecule has 0 aliphatic heterocycles. The van der Waals surface area contributed by atoms with Gasteiger partial charge in [-0.1, -0.05) is 55.8 Å². The molecule has 0 saturated heterocycles. The molecular formula is C21H27ClN2O3. The van der Waals surface area contributed by atoms with Gasteiger partial charge in [0.25, 0.3) is 5.91 Å². The van der Waals surface area contributed by atoms with Crippen LogP contribution in [-0.4, -0.2) is 44.7 Å². The topological polar surface area (TPSA) is 50.8 Å². The fourth-order valence-electron chi connectivity index (χ4n) is 3.14. The van der Waals surface area contributed by atoms with Gasteiger partial charge in [0.1, 0.15) is 0 Å². The third kappa shape index (κ3) is 5.15. The highest BCUT2D eigenvalue weighted by atomic mass is 35.5. The molecule has 6 heteroatoms. The summed E-state index contributed by atoms with van der Waals surface area (Å²) < 4.78 is 10.5. The van der Waals surface area contributed by atoms with Crippen LogP contribution in [0.1, 0.15) is 35.8 Å². The molecule has 0 heterocycles. The van der Waals surface area contributed by atoms with Crippen molar-refractivity contribution in [1.29, 1.82) is 0 Å². The summed E-state index contributed by atoms with van der Waals surface area (Å²) in [6.07, 6.45) is 0. The van der Waals surface area contributed by atoms with Gasteiger partial charge in [-0.15, -0.1) is 0 Å². The van der Waals surface area contributed by atoms with Gasteiger partial charge >= 0.3 is 0 Å². The zero-order chi connectivity index (χ0) is 19.8. The van der Waals surface area contributed by atoms with E-state index in [0.717, 1.165) is 13.1 Å². The molecule has 0 spiro atoms. The summed E-state index contributed by atoms with van der Waals surface area (Å²) in [6.45, 7) is 6.53. The van der Waals surface area contributed by atoms with Crippen LogP contribution < -0.4 is 14.8 Å². The lowest BCUT2D eigenvalue weighted by Gasteiger charge is -2.30. The summed E-state index contributed by atoms with van der Waals surface area (Å²) in [5, 5.41) is 3.37. The minimum absolute atomic E-state index is 0.0979. The zero-order valence-corrected chi connectivity index (χ0v) is 17.0. The van der Waals surface area contributed by atoms with E-state index in [-0.39, 0.29) is 11.9 Å². The normalized spacial score (nSPS) is 11.9. The summed E-state index contributed by atoms with van der Waals surface area (Å²) in [6, 6.07) is 13.5. The molecule has 0 bridgehead atoms. The molecule has 0 aliphatic carbocycles. The maximum Gasteiger partial charge on any atom is 0.251 e. The lowest BCUT2D eigenvalue weighted by molar-refractivity contribution is 0.0934. The van der Waals surface area contributed by atoms with Crippen LogP contribution >= 0.6 is 11.6 Å². The van der Waals surface area contributed by atoms with Crippen LogP contribution in [0, 0.1) is 0 Å². The van der Waals surface area contributed by atoms with Crippen LogP contribution in [0.2, 0.25) is 5.02 Å². The second-order valence-corrected chi connectivity index (χ2v) is 6.46. The molecule has 0 aromatic heterocycles. The van der Waals surface area contributed by atoms with Crippen LogP contribution in [0.3, 0.4) is 0 Å². The molecule has 1 N–H and O–H groups in total. The van der Waals surface area contributed by atoms with E-state index in [1.807, 2.05) is 18.2 Å². The van der Waals surface area contributed by atoms with Crippen molar-refractivity contribution in [3.05, 3.63) is 58.6 Å². The van der Waals surface area contributed by atoms with Crippen LogP contribution in [0.4, 0.5) is 0 Å². The average molecular weight is 391 g/mol. The van der Waals surface area contributed by atoms with Crippen molar-refractivity contribution in [3.63, 3.8) is 0 Å². The lowest BCUT2D eigenvalue weighted by atomic mass is 10.0. The molecule has 2 aromatic rings. The summed E-state index contributed by atoms with van der Waals surface area (Å²) in [7, 11) is 3.03. The number of halogens is 1. The molecule has 0 aliphatic rings. The maximum atomic E-state index is 12.7. The standard InChI is InChI=1S/C21H27ClN2O3/c1-5-24(6-2)18(15-10-8-7-9-11-15)14-23-21(25)16-12-17(22)20(27-4)19(13-16)26-3/h7-13,18H,5-6,14H2,1-4H3,(H,23,25). The van der Waals surface area contributed by atoms with Gasteiger partial charge in [0.15, 0.2) is 11.5 Å². The van der Waals surface area contributed by atoms with E-state index >= 15 is 0 Å². The van der Waals surface area contributed by atoms with Gasteiger partial charge in [-0.05, 0) is 30.8 Å². The maximum absolute atomic E-state index is 12.7. The smallest absolute Gasteiger partial charge is 0.251 e. The van der Waals surface area contributed by atoms with Crippen molar-refractivity contribution in [3.8, 4) is 11.5 Å². The molecule has 5 nitrogen and oxygen atoms in total. The SMILES string of the molecule is CCN(CC)C(CNC(=O)c1cc(Cl)c(OC)c(OC)c1)c1ccccc1. The molecule has 1 unspecified atom stereocenters. The summed E-state index contributed by atoms with van der Waals surface area (Å²) in [5.74, 6) is 0.644. The third-order valence-electron chi connectivity index (χ3n) is 4.59. The molecule has 0 radical (unpaired) electrons. The number of likely N-dealkylation sites (N-methyl/N-ethyl adjacent to an activating group) is 1. The van der Waals surface area contributed by atoms with Gasteiger partial charge in [-0.25, -0.2) is 0 Å². The van der Waals surface area contributed by atoms with Gasteiger partial charge in [-0.2, -0.15) is 0 Å². The van der Waals surface area contributed by atoms with Gasteiger partial charge in [0.05, 0.1) is 25.3 Å². The van der Waals surface area contributed by atoms with Gasteiger partial charge < -0.3 is 14.8 Å². The van der Waals surface area contributed by atoms with Gasteiger partial charge in [0, 0.05) is 12.1 Å². The van der Waals surface area contributed by atoms with Crippen LogP contribution in [0.15, 0.2) is 42.5 Å². The first-order chi connectivity index (χ1) is 13.0. The molecular weight excluding hydrogens is 364 g/mol. The Morgan fingerprint density at radius 2 is 1.78 bits per heavy atom. The Morgan fingerprint density at radius 1 is 1.11 bits per heavy atom. The van der Waals surface area contributed by atoms with E-state index in [2.05, 4.69) is 36.2 Å². The van der Waals surface area contributed by atoms with Crippen LogP contribution in [0.5, 0.6) is 11.5 Å². The number of amides is 1. The highest BCUT2D eigenvalue weighted by molar-refractivity contribution is 6.32. The highest BCUT2D eigenvalue weighted by Gasteiger charge is 2.20. The second kappa shape index (κ2) is 10.2. The first-order valence-electron chi connectivity index (χ1n) is 9.04. The van der Waals surface area contributed by atoms with Crippen molar-refractivity contribution >= 4 is 17.5 Å². The Bertz CT molecular complexity index is 749. The van der Waals surface area contributed by atoms with E-state index in [9.17, 15) is 4.79 Å². The van der Waals surface area contributed by atoms with E-state index in [0.29, 0.717) is 28.6 Å². The molecule has 0 fully saturated rings. The molecule has 0 saturated carbocycles. The fourth-order valence-corrected chi connectivity index (χ4v) is 3.43. The van der Waals surface area contributed by atoms with Crippen molar-refractivity contribution in [2.45, 2.75) is 19.9 Å². The van der Waals surface area contributed by atoms with Gasteiger partial charge in [-0.3, -0.25) is 9.69 Å². The summed E-state index contributed by atoms with van der Waals surface area (Å²) in [5.41, 5.74) is 1.61. The van der Waals surface area contributed by atoms with Crippen LogP contribution in [0.25, 0.3) is 0 Å². The summed E-state index contributed by atoms with van der Waals surface area (Å²) in [4.78, 5) is 15.0. The second-order valence-electron chi connectivity index (χ2n) is 6.05. The largest absolute Gasteiger partial charge is 0.493 e. The number of ether oxygens (including phenoxy) is 2.